The molecule has 184 valence electrons. The lowest BCUT2D eigenvalue weighted by molar-refractivity contribution is 0.0823. The summed E-state index contributed by atoms with van der Waals surface area (Å²) in [5, 5.41) is 3.91. The molecule has 0 saturated heterocycles. The molecule has 1 N–H and O–H groups in total. The summed E-state index contributed by atoms with van der Waals surface area (Å²) < 4.78 is 12.1. The predicted molar refractivity (Wildman–Crippen MR) is 140 cm³/mol. The highest BCUT2D eigenvalue weighted by molar-refractivity contribution is 6.30. The maximum atomic E-state index is 13.2. The third-order valence-corrected chi connectivity index (χ3v) is 6.36. The Morgan fingerprint density at radius 2 is 1.63 bits per heavy atom. The highest BCUT2D eigenvalue weighted by Gasteiger charge is 2.19. The first-order valence-electron chi connectivity index (χ1n) is 12.3. The number of nitrogens with one attached hydrogen (secondary N) is 1. The van der Waals surface area contributed by atoms with Crippen molar-refractivity contribution in [3.05, 3.63) is 101 Å². The monoisotopic (exact) mass is 492 g/mol. The van der Waals surface area contributed by atoms with Gasteiger partial charge in [-0.1, -0.05) is 66.2 Å². The van der Waals surface area contributed by atoms with Crippen LogP contribution in [0.3, 0.4) is 0 Å². The van der Waals surface area contributed by atoms with E-state index in [1.165, 1.54) is 11.1 Å². The molecule has 1 heterocycles. The molecule has 0 unspecified atom stereocenters. The fourth-order valence-corrected chi connectivity index (χ4v) is 4.39. The van der Waals surface area contributed by atoms with Gasteiger partial charge in [-0.25, -0.2) is 0 Å². The van der Waals surface area contributed by atoms with Crippen molar-refractivity contribution in [1.29, 1.82) is 0 Å². The van der Waals surface area contributed by atoms with E-state index in [2.05, 4.69) is 34.5 Å². The van der Waals surface area contributed by atoms with Gasteiger partial charge in [0.15, 0.2) is 0 Å². The van der Waals surface area contributed by atoms with Gasteiger partial charge in [0.1, 0.15) is 12.4 Å². The summed E-state index contributed by atoms with van der Waals surface area (Å²) in [5.41, 5.74) is 2.93. The van der Waals surface area contributed by atoms with Gasteiger partial charge in [0.05, 0.1) is 18.2 Å². The molecule has 1 atom stereocenters. The predicted octanol–water partition coefficient (Wildman–Crippen LogP) is 5.37. The third kappa shape index (κ3) is 8.10. The Morgan fingerprint density at radius 1 is 0.857 bits per heavy atom. The summed E-state index contributed by atoms with van der Waals surface area (Å²) in [6.07, 6.45) is 2.70. The molecule has 3 aromatic rings. The average molecular weight is 493 g/mol. The van der Waals surface area contributed by atoms with Crippen LogP contribution in [0.5, 0.6) is 5.75 Å². The van der Waals surface area contributed by atoms with Gasteiger partial charge in [-0.05, 0) is 61.2 Å². The van der Waals surface area contributed by atoms with Gasteiger partial charge in [0.25, 0.3) is 5.91 Å². The van der Waals surface area contributed by atoms with Crippen molar-refractivity contribution in [2.45, 2.75) is 31.8 Å². The van der Waals surface area contributed by atoms with E-state index in [1.807, 2.05) is 54.6 Å². The molecule has 0 aliphatic carbocycles. The van der Waals surface area contributed by atoms with Crippen LogP contribution in [0.4, 0.5) is 0 Å². The van der Waals surface area contributed by atoms with E-state index < -0.39 is 0 Å². The molecule has 0 aromatic heterocycles. The Hall–Kier alpha value is -2.86. The minimum atomic E-state index is -0.141. The Morgan fingerprint density at radius 3 is 2.46 bits per heavy atom. The van der Waals surface area contributed by atoms with E-state index in [4.69, 9.17) is 21.1 Å². The van der Waals surface area contributed by atoms with E-state index in [1.54, 1.807) is 0 Å². The lowest BCUT2D eigenvalue weighted by Gasteiger charge is -2.23. The molecule has 1 aliphatic heterocycles. The highest BCUT2D eigenvalue weighted by Crippen LogP contribution is 2.19. The van der Waals surface area contributed by atoms with Crippen LogP contribution in [-0.4, -0.2) is 49.8 Å². The van der Waals surface area contributed by atoms with Crippen LogP contribution in [0.15, 0.2) is 78.9 Å². The third-order valence-electron chi connectivity index (χ3n) is 6.11. The number of fused-ring (bicyclic) bond motifs is 1. The maximum Gasteiger partial charge on any atom is 0.255 e. The second-order valence-corrected chi connectivity index (χ2v) is 9.33. The van der Waals surface area contributed by atoms with Gasteiger partial charge in [-0.3, -0.25) is 9.69 Å². The van der Waals surface area contributed by atoms with E-state index in [0.29, 0.717) is 37.6 Å². The normalized spacial score (nSPS) is 18.4. The van der Waals surface area contributed by atoms with Crippen LogP contribution < -0.4 is 10.1 Å². The number of halogens is 1. The summed E-state index contributed by atoms with van der Waals surface area (Å²) >= 11 is 6.05. The summed E-state index contributed by atoms with van der Waals surface area (Å²) in [5.74, 6) is 0.462. The van der Waals surface area contributed by atoms with Crippen molar-refractivity contribution in [2.24, 2.45) is 0 Å². The van der Waals surface area contributed by atoms with Gasteiger partial charge in [-0.15, -0.1) is 0 Å². The number of rotatable bonds is 4. The molecule has 0 spiro atoms. The van der Waals surface area contributed by atoms with Crippen LogP contribution in [0.1, 0.15) is 34.3 Å². The Balaban J connectivity index is 1.46. The van der Waals surface area contributed by atoms with Crippen LogP contribution >= 0.6 is 11.6 Å². The fraction of sp³-hybridized carbons (Fsp3) is 0.345. The molecule has 0 fully saturated rings. The van der Waals surface area contributed by atoms with E-state index in [9.17, 15) is 4.79 Å². The summed E-state index contributed by atoms with van der Waals surface area (Å²) in [4.78, 5) is 15.6. The van der Waals surface area contributed by atoms with Gasteiger partial charge in [0.2, 0.25) is 0 Å². The molecule has 0 bridgehead atoms. The molecular weight excluding hydrogens is 460 g/mol. The quantitative estimate of drug-likeness (QED) is 0.531. The number of hydrogen-bond acceptors (Lipinski definition) is 4. The molecule has 0 radical (unpaired) electrons. The standard InChI is InChI=1S/C29H33ClN2O3/c30-25-14-12-24(13-15-25)21-32-16-6-7-18-34-22-26(20-23-8-2-1-3-9-23)31-29(33)27-10-4-5-11-28(27)35-19-17-32/h1-5,8-15,26H,6-7,16-22H2,(H,31,33)/t26-/m0/s1. The minimum Gasteiger partial charge on any atom is -0.491 e. The number of hydrogen-bond donors (Lipinski definition) is 1. The van der Waals surface area contributed by atoms with Crippen molar-refractivity contribution in [3.63, 3.8) is 0 Å². The lowest BCUT2D eigenvalue weighted by Crippen LogP contribution is -2.40. The molecule has 1 amide bonds. The van der Waals surface area contributed by atoms with Crippen molar-refractivity contribution in [1.82, 2.24) is 10.2 Å². The first kappa shape index (κ1) is 25.2. The van der Waals surface area contributed by atoms with Gasteiger partial charge >= 0.3 is 0 Å². The number of nitrogens with zero attached hydrogens (tertiary/aromatic N) is 1. The SMILES string of the molecule is O=C1N[C@@H](Cc2ccccc2)COCCCCN(Cc2ccc(Cl)cc2)CCOc2ccccc21. The van der Waals surface area contributed by atoms with E-state index >= 15 is 0 Å². The number of benzene rings is 3. The zero-order chi connectivity index (χ0) is 24.3. The first-order chi connectivity index (χ1) is 17.2. The van der Waals surface area contributed by atoms with E-state index in [-0.39, 0.29) is 11.9 Å². The smallest absolute Gasteiger partial charge is 0.255 e. The second-order valence-electron chi connectivity index (χ2n) is 8.89. The Labute approximate surface area is 213 Å². The van der Waals surface area contributed by atoms with Crippen LogP contribution in [0, 0.1) is 0 Å². The molecule has 0 saturated carbocycles. The average Bonchev–Trinajstić information content (AvgIpc) is 2.88. The first-order valence-corrected chi connectivity index (χ1v) is 12.7. The molecule has 4 rings (SSSR count). The molecule has 1 aliphatic rings. The lowest BCUT2D eigenvalue weighted by atomic mass is 10.1. The molecular formula is C29H33ClN2O3. The summed E-state index contributed by atoms with van der Waals surface area (Å²) in [6, 6.07) is 25.5. The second kappa shape index (κ2) is 13.3. The summed E-state index contributed by atoms with van der Waals surface area (Å²) in [6.45, 7) is 4.17. The van der Waals surface area contributed by atoms with Crippen molar-refractivity contribution < 1.29 is 14.3 Å². The largest absolute Gasteiger partial charge is 0.491 e. The maximum absolute atomic E-state index is 13.2. The van der Waals surface area contributed by atoms with Gasteiger partial charge in [0, 0.05) is 24.7 Å². The Bertz CT molecular complexity index is 1060. The van der Waals surface area contributed by atoms with Crippen LogP contribution in [0.2, 0.25) is 5.02 Å². The number of ether oxygens (including phenoxy) is 2. The number of amides is 1. The number of carbonyl (C=O) groups excluding carboxylic acids is 1. The van der Waals surface area contributed by atoms with Crippen LogP contribution in [-0.2, 0) is 17.7 Å². The molecule has 5 nitrogen and oxygen atoms in total. The zero-order valence-corrected chi connectivity index (χ0v) is 20.8. The van der Waals surface area contributed by atoms with Gasteiger partial charge < -0.3 is 14.8 Å². The number of carbonyl (C=O) groups is 1. The zero-order valence-electron chi connectivity index (χ0n) is 20.0. The molecule has 3 aromatic carbocycles. The molecule has 35 heavy (non-hydrogen) atoms. The van der Waals surface area contributed by atoms with Crippen molar-refractivity contribution >= 4 is 17.5 Å². The number of para-hydroxylation sites is 1. The fourth-order valence-electron chi connectivity index (χ4n) is 4.26. The summed E-state index contributed by atoms with van der Waals surface area (Å²) in [7, 11) is 0. The molecule has 6 heteroatoms. The van der Waals surface area contributed by atoms with E-state index in [0.717, 1.165) is 37.5 Å². The van der Waals surface area contributed by atoms with Gasteiger partial charge in [-0.2, -0.15) is 0 Å². The minimum absolute atomic E-state index is 0.121. The van der Waals surface area contributed by atoms with Crippen molar-refractivity contribution in [2.75, 3.05) is 32.9 Å². The topological polar surface area (TPSA) is 50.8 Å². The Kier molecular flexibility index (Phi) is 9.58. The van der Waals surface area contributed by atoms with Crippen LogP contribution in [0.25, 0.3) is 0 Å². The van der Waals surface area contributed by atoms with Crippen molar-refractivity contribution in [3.8, 4) is 5.75 Å². The highest BCUT2D eigenvalue weighted by atomic mass is 35.5.